The Morgan fingerprint density at radius 1 is 1.40 bits per heavy atom. The summed E-state index contributed by atoms with van der Waals surface area (Å²) >= 11 is 0. The molecule has 0 amide bonds. The first-order valence-corrected chi connectivity index (χ1v) is 5.79. The van der Waals surface area contributed by atoms with Crippen molar-refractivity contribution in [1.29, 1.82) is 0 Å². The Bertz CT molecular complexity index is 267. The number of hydrogen-bond donors (Lipinski definition) is 2. The summed E-state index contributed by atoms with van der Waals surface area (Å²) < 4.78 is 0. The highest BCUT2D eigenvalue weighted by Gasteiger charge is 2.11. The van der Waals surface area contributed by atoms with E-state index in [1.54, 1.807) is 0 Å². The summed E-state index contributed by atoms with van der Waals surface area (Å²) in [6, 6.07) is 6.69. The molecule has 1 fully saturated rings. The van der Waals surface area contributed by atoms with Gasteiger partial charge in [0.15, 0.2) is 0 Å². The first-order chi connectivity index (χ1) is 7.45. The van der Waals surface area contributed by atoms with E-state index in [4.69, 9.17) is 0 Å². The van der Waals surface area contributed by atoms with E-state index < -0.39 is 0 Å². The third-order valence-corrected chi connectivity index (χ3v) is 2.84. The fraction of sp³-hybridized carbons (Fsp3) is 0.583. The standard InChI is InChI=1S/C12H19N3/c1-3-7-14-11(5-1)9-13-10-12-6-2-4-8-15-12/h1,3,5,7,12-13,15H,2,4,6,8-10H2. The van der Waals surface area contributed by atoms with Crippen LogP contribution < -0.4 is 10.6 Å². The van der Waals surface area contributed by atoms with E-state index in [9.17, 15) is 0 Å². The summed E-state index contributed by atoms with van der Waals surface area (Å²) in [5.74, 6) is 0. The molecule has 1 aliphatic heterocycles. The molecule has 82 valence electrons. The summed E-state index contributed by atoms with van der Waals surface area (Å²) in [6.07, 6.45) is 5.84. The van der Waals surface area contributed by atoms with Gasteiger partial charge >= 0.3 is 0 Å². The molecule has 15 heavy (non-hydrogen) atoms. The molecule has 1 aromatic rings. The molecular weight excluding hydrogens is 186 g/mol. The predicted octanol–water partition coefficient (Wildman–Crippen LogP) is 1.31. The molecule has 0 aliphatic carbocycles. The van der Waals surface area contributed by atoms with Crippen molar-refractivity contribution >= 4 is 0 Å². The van der Waals surface area contributed by atoms with Crippen LogP contribution in [0.15, 0.2) is 24.4 Å². The zero-order chi connectivity index (χ0) is 10.3. The largest absolute Gasteiger partial charge is 0.313 e. The Hall–Kier alpha value is -0.930. The van der Waals surface area contributed by atoms with Crippen molar-refractivity contribution in [3.63, 3.8) is 0 Å². The van der Waals surface area contributed by atoms with Gasteiger partial charge in [-0.15, -0.1) is 0 Å². The van der Waals surface area contributed by atoms with Crippen molar-refractivity contribution in [2.45, 2.75) is 31.8 Å². The lowest BCUT2D eigenvalue weighted by molar-refractivity contribution is 0.382. The highest BCUT2D eigenvalue weighted by molar-refractivity contribution is 5.02. The van der Waals surface area contributed by atoms with Crippen LogP contribution in [0.5, 0.6) is 0 Å². The van der Waals surface area contributed by atoms with Gasteiger partial charge in [-0.2, -0.15) is 0 Å². The Morgan fingerprint density at radius 2 is 2.40 bits per heavy atom. The lowest BCUT2D eigenvalue weighted by atomic mass is 10.1. The van der Waals surface area contributed by atoms with Gasteiger partial charge in [-0.25, -0.2) is 0 Å². The average molecular weight is 205 g/mol. The summed E-state index contributed by atoms with van der Waals surface area (Å²) in [5, 5.41) is 6.97. The minimum absolute atomic E-state index is 0.655. The molecule has 0 spiro atoms. The molecule has 3 heteroatoms. The zero-order valence-electron chi connectivity index (χ0n) is 9.08. The minimum Gasteiger partial charge on any atom is -0.313 e. The molecular formula is C12H19N3. The fourth-order valence-corrected chi connectivity index (χ4v) is 1.98. The second-order valence-electron chi connectivity index (χ2n) is 4.10. The molecule has 2 heterocycles. The van der Waals surface area contributed by atoms with Crippen LogP contribution in [0.2, 0.25) is 0 Å². The molecule has 1 saturated heterocycles. The summed E-state index contributed by atoms with van der Waals surface area (Å²) in [5.41, 5.74) is 1.12. The van der Waals surface area contributed by atoms with E-state index in [1.165, 1.54) is 25.8 Å². The van der Waals surface area contributed by atoms with Crippen LogP contribution in [0.1, 0.15) is 25.0 Å². The number of piperidine rings is 1. The van der Waals surface area contributed by atoms with E-state index in [1.807, 2.05) is 18.3 Å². The van der Waals surface area contributed by atoms with Gasteiger partial charge in [0.2, 0.25) is 0 Å². The highest BCUT2D eigenvalue weighted by Crippen LogP contribution is 2.05. The normalized spacial score (nSPS) is 21.5. The number of hydrogen-bond acceptors (Lipinski definition) is 3. The second kappa shape index (κ2) is 5.83. The SMILES string of the molecule is c1ccc(CNCC2CCCCN2)nc1. The number of pyridine rings is 1. The third kappa shape index (κ3) is 3.61. The van der Waals surface area contributed by atoms with Crippen molar-refractivity contribution < 1.29 is 0 Å². The van der Waals surface area contributed by atoms with Crippen molar-refractivity contribution in [3.8, 4) is 0 Å². The molecule has 0 aromatic carbocycles. The maximum absolute atomic E-state index is 4.28. The Morgan fingerprint density at radius 3 is 3.13 bits per heavy atom. The van der Waals surface area contributed by atoms with E-state index in [0.717, 1.165) is 18.8 Å². The first-order valence-electron chi connectivity index (χ1n) is 5.79. The van der Waals surface area contributed by atoms with E-state index >= 15 is 0 Å². The topological polar surface area (TPSA) is 37.0 Å². The molecule has 1 atom stereocenters. The highest BCUT2D eigenvalue weighted by atomic mass is 15.0. The van der Waals surface area contributed by atoms with Gasteiger partial charge < -0.3 is 10.6 Å². The van der Waals surface area contributed by atoms with Crippen LogP contribution in [0, 0.1) is 0 Å². The quantitative estimate of drug-likeness (QED) is 0.778. The van der Waals surface area contributed by atoms with Crippen LogP contribution in [0.25, 0.3) is 0 Å². The number of nitrogens with one attached hydrogen (secondary N) is 2. The van der Waals surface area contributed by atoms with Crippen LogP contribution in [0.3, 0.4) is 0 Å². The van der Waals surface area contributed by atoms with Crippen molar-refractivity contribution in [2.75, 3.05) is 13.1 Å². The van der Waals surface area contributed by atoms with Gasteiger partial charge in [0.1, 0.15) is 0 Å². The summed E-state index contributed by atoms with van der Waals surface area (Å²) in [4.78, 5) is 4.28. The molecule has 0 saturated carbocycles. The van der Waals surface area contributed by atoms with E-state index in [2.05, 4.69) is 21.7 Å². The van der Waals surface area contributed by atoms with Crippen LogP contribution in [-0.4, -0.2) is 24.1 Å². The van der Waals surface area contributed by atoms with Crippen LogP contribution in [0.4, 0.5) is 0 Å². The summed E-state index contributed by atoms with van der Waals surface area (Å²) in [7, 11) is 0. The van der Waals surface area contributed by atoms with Gasteiger partial charge in [-0.3, -0.25) is 4.98 Å². The fourth-order valence-electron chi connectivity index (χ4n) is 1.98. The van der Waals surface area contributed by atoms with E-state index in [-0.39, 0.29) is 0 Å². The van der Waals surface area contributed by atoms with Crippen LogP contribution in [-0.2, 0) is 6.54 Å². The lowest BCUT2D eigenvalue weighted by Crippen LogP contribution is -2.41. The Labute approximate surface area is 91.3 Å². The average Bonchev–Trinajstić information content (AvgIpc) is 2.32. The van der Waals surface area contributed by atoms with Crippen molar-refractivity contribution in [1.82, 2.24) is 15.6 Å². The Kier molecular flexibility index (Phi) is 4.11. The third-order valence-electron chi connectivity index (χ3n) is 2.84. The maximum atomic E-state index is 4.28. The minimum atomic E-state index is 0.655. The monoisotopic (exact) mass is 205 g/mol. The van der Waals surface area contributed by atoms with E-state index in [0.29, 0.717) is 6.04 Å². The molecule has 3 nitrogen and oxygen atoms in total. The predicted molar refractivity (Wildman–Crippen MR) is 61.6 cm³/mol. The molecule has 0 radical (unpaired) electrons. The molecule has 1 aromatic heterocycles. The van der Waals surface area contributed by atoms with Gasteiger partial charge in [-0.1, -0.05) is 12.5 Å². The zero-order valence-corrected chi connectivity index (χ0v) is 9.08. The summed E-state index contributed by atoms with van der Waals surface area (Å²) in [6.45, 7) is 3.10. The Balaban J connectivity index is 1.66. The lowest BCUT2D eigenvalue weighted by Gasteiger charge is -2.23. The number of aromatic nitrogens is 1. The van der Waals surface area contributed by atoms with Gasteiger partial charge in [0.05, 0.1) is 5.69 Å². The van der Waals surface area contributed by atoms with Gasteiger partial charge in [0.25, 0.3) is 0 Å². The van der Waals surface area contributed by atoms with Crippen molar-refractivity contribution in [2.24, 2.45) is 0 Å². The smallest absolute Gasteiger partial charge is 0.0541 e. The second-order valence-corrected chi connectivity index (χ2v) is 4.10. The maximum Gasteiger partial charge on any atom is 0.0541 e. The molecule has 2 N–H and O–H groups in total. The van der Waals surface area contributed by atoms with Crippen molar-refractivity contribution in [3.05, 3.63) is 30.1 Å². The molecule has 2 rings (SSSR count). The number of nitrogens with zero attached hydrogens (tertiary/aromatic N) is 1. The number of rotatable bonds is 4. The molecule has 1 aliphatic rings. The van der Waals surface area contributed by atoms with Gasteiger partial charge in [0, 0.05) is 25.3 Å². The first kappa shape index (κ1) is 10.6. The van der Waals surface area contributed by atoms with Gasteiger partial charge in [-0.05, 0) is 31.5 Å². The molecule has 1 unspecified atom stereocenters. The molecule has 0 bridgehead atoms. The van der Waals surface area contributed by atoms with Crippen LogP contribution >= 0.6 is 0 Å².